The predicted molar refractivity (Wildman–Crippen MR) is 77.3 cm³/mol. The van der Waals surface area contributed by atoms with Gasteiger partial charge in [-0.25, -0.2) is 4.98 Å². The highest BCUT2D eigenvalue weighted by atomic mass is 16.5. The van der Waals surface area contributed by atoms with E-state index in [9.17, 15) is 0 Å². The monoisotopic (exact) mass is 249 g/mol. The topological polar surface area (TPSA) is 42.4 Å². The van der Waals surface area contributed by atoms with Gasteiger partial charge in [-0.2, -0.15) is 0 Å². The first-order chi connectivity index (χ1) is 9.35. The van der Waals surface area contributed by atoms with Crippen molar-refractivity contribution in [1.82, 2.24) is 4.98 Å². The van der Waals surface area contributed by atoms with Crippen molar-refractivity contribution in [2.45, 2.75) is 0 Å². The average molecular weight is 249 g/mol. The summed E-state index contributed by atoms with van der Waals surface area (Å²) in [5, 5.41) is 10.1. The summed E-state index contributed by atoms with van der Waals surface area (Å²) >= 11 is 0. The molecule has 19 heavy (non-hydrogen) atoms. The molecule has 0 radical (unpaired) electrons. The number of hydrogen-bond donors (Lipinski definition) is 1. The van der Waals surface area contributed by atoms with E-state index in [0.717, 1.165) is 22.1 Å². The second-order valence-corrected chi connectivity index (χ2v) is 4.25. The third kappa shape index (κ3) is 2.58. The standard InChI is InChI=1S/C15H12BNO2/c18-16-12-7-8-14-11(10-12)6-9-15(17-14)19-13-4-2-1-3-5-13/h1-10,16,18H. The summed E-state index contributed by atoms with van der Waals surface area (Å²) in [6.45, 7) is 0. The van der Waals surface area contributed by atoms with E-state index in [1.54, 1.807) is 0 Å². The van der Waals surface area contributed by atoms with Crippen LogP contribution in [0.25, 0.3) is 10.9 Å². The molecule has 1 N–H and O–H groups in total. The molecule has 0 spiro atoms. The lowest BCUT2D eigenvalue weighted by molar-refractivity contribution is 0.465. The highest BCUT2D eigenvalue weighted by Gasteiger charge is 2.02. The molecule has 0 aliphatic carbocycles. The first kappa shape index (κ1) is 11.7. The van der Waals surface area contributed by atoms with Gasteiger partial charge in [0.2, 0.25) is 5.88 Å². The van der Waals surface area contributed by atoms with E-state index < -0.39 is 0 Å². The molecule has 0 aliphatic heterocycles. The lowest BCUT2D eigenvalue weighted by atomic mass is 9.88. The molecule has 1 heterocycles. The minimum absolute atomic E-state index is 0.0399. The summed E-state index contributed by atoms with van der Waals surface area (Å²) in [5.74, 6) is 1.33. The number of nitrogens with zero attached hydrogens (tertiary/aromatic N) is 1. The van der Waals surface area contributed by atoms with Crippen LogP contribution in [-0.4, -0.2) is 17.5 Å². The summed E-state index contributed by atoms with van der Waals surface area (Å²) < 4.78 is 5.68. The average Bonchev–Trinajstić information content (AvgIpc) is 2.48. The molecule has 0 amide bonds. The summed E-state index contributed by atoms with van der Waals surface area (Å²) in [7, 11) is 0.0399. The van der Waals surface area contributed by atoms with Gasteiger partial charge in [-0.05, 0) is 29.7 Å². The van der Waals surface area contributed by atoms with Crippen molar-refractivity contribution in [2.75, 3.05) is 0 Å². The summed E-state index contributed by atoms with van der Waals surface area (Å²) in [5.41, 5.74) is 1.73. The SMILES string of the molecule is OBc1ccc2nc(Oc3ccccc3)ccc2c1. The number of benzene rings is 2. The molecule has 0 saturated carbocycles. The summed E-state index contributed by atoms with van der Waals surface area (Å²) in [4.78, 5) is 4.44. The Morgan fingerprint density at radius 2 is 1.79 bits per heavy atom. The Morgan fingerprint density at radius 1 is 0.947 bits per heavy atom. The molecule has 92 valence electrons. The zero-order valence-corrected chi connectivity index (χ0v) is 10.3. The third-order valence-corrected chi connectivity index (χ3v) is 2.88. The Kier molecular flexibility index (Phi) is 3.17. The molecule has 0 aliphatic rings. The molecule has 2 aromatic carbocycles. The van der Waals surface area contributed by atoms with Crippen LogP contribution in [0.4, 0.5) is 0 Å². The molecule has 3 nitrogen and oxygen atoms in total. The van der Waals surface area contributed by atoms with Crippen LogP contribution in [0.1, 0.15) is 0 Å². The van der Waals surface area contributed by atoms with Gasteiger partial charge < -0.3 is 9.76 Å². The first-order valence-corrected chi connectivity index (χ1v) is 6.08. The van der Waals surface area contributed by atoms with E-state index in [1.807, 2.05) is 60.7 Å². The molecule has 0 unspecified atom stereocenters. The van der Waals surface area contributed by atoms with Crippen molar-refractivity contribution in [2.24, 2.45) is 0 Å². The third-order valence-electron chi connectivity index (χ3n) is 2.88. The molecule has 0 bridgehead atoms. The van der Waals surface area contributed by atoms with E-state index in [1.165, 1.54) is 0 Å². The number of fused-ring (bicyclic) bond motifs is 1. The van der Waals surface area contributed by atoms with E-state index in [0.29, 0.717) is 5.88 Å². The molecule has 3 rings (SSSR count). The highest BCUT2D eigenvalue weighted by Crippen LogP contribution is 2.21. The zero-order chi connectivity index (χ0) is 13.1. The van der Waals surface area contributed by atoms with Crippen molar-refractivity contribution < 1.29 is 9.76 Å². The smallest absolute Gasteiger partial charge is 0.304 e. The fourth-order valence-electron chi connectivity index (χ4n) is 1.92. The van der Waals surface area contributed by atoms with Crippen molar-refractivity contribution in [1.29, 1.82) is 0 Å². The molecular weight excluding hydrogens is 237 g/mol. The largest absolute Gasteiger partial charge is 0.449 e. The van der Waals surface area contributed by atoms with Crippen molar-refractivity contribution in [3.8, 4) is 11.6 Å². The van der Waals surface area contributed by atoms with Gasteiger partial charge in [0, 0.05) is 6.07 Å². The number of ether oxygens (including phenoxy) is 1. The Bertz CT molecular complexity index is 701. The van der Waals surface area contributed by atoms with Crippen LogP contribution in [0.5, 0.6) is 11.6 Å². The molecular formula is C15H12BNO2. The molecule has 0 atom stereocenters. The van der Waals surface area contributed by atoms with Gasteiger partial charge in [0.05, 0.1) is 5.52 Å². The number of aromatic nitrogens is 1. The van der Waals surface area contributed by atoms with Crippen LogP contribution in [0.2, 0.25) is 0 Å². The van der Waals surface area contributed by atoms with E-state index in [4.69, 9.17) is 9.76 Å². The first-order valence-electron chi connectivity index (χ1n) is 6.08. The summed E-state index contributed by atoms with van der Waals surface area (Å²) in [6, 6.07) is 19.0. The summed E-state index contributed by atoms with van der Waals surface area (Å²) in [6.07, 6.45) is 0. The predicted octanol–water partition coefficient (Wildman–Crippen LogP) is 2.00. The van der Waals surface area contributed by atoms with Crippen LogP contribution >= 0.6 is 0 Å². The zero-order valence-electron chi connectivity index (χ0n) is 10.3. The molecule has 0 fully saturated rings. The maximum atomic E-state index is 9.10. The minimum Gasteiger partial charge on any atom is -0.449 e. The van der Waals surface area contributed by atoms with Crippen LogP contribution in [0, 0.1) is 0 Å². The van der Waals surface area contributed by atoms with Gasteiger partial charge in [0.1, 0.15) is 5.75 Å². The van der Waals surface area contributed by atoms with Gasteiger partial charge in [-0.3, -0.25) is 0 Å². The Balaban J connectivity index is 1.94. The van der Waals surface area contributed by atoms with Crippen LogP contribution in [0.15, 0.2) is 60.7 Å². The molecule has 3 aromatic rings. The Morgan fingerprint density at radius 3 is 2.58 bits per heavy atom. The fourth-order valence-corrected chi connectivity index (χ4v) is 1.92. The van der Waals surface area contributed by atoms with Gasteiger partial charge in [-0.15, -0.1) is 0 Å². The number of para-hydroxylation sites is 1. The normalized spacial score (nSPS) is 10.4. The second kappa shape index (κ2) is 5.12. The minimum atomic E-state index is 0.0399. The number of hydrogen-bond acceptors (Lipinski definition) is 3. The van der Waals surface area contributed by atoms with E-state index in [2.05, 4.69) is 4.98 Å². The quantitative estimate of drug-likeness (QED) is 0.722. The van der Waals surface area contributed by atoms with Crippen LogP contribution in [0.3, 0.4) is 0 Å². The van der Waals surface area contributed by atoms with E-state index in [-0.39, 0.29) is 7.48 Å². The van der Waals surface area contributed by atoms with Crippen LogP contribution in [-0.2, 0) is 0 Å². The van der Waals surface area contributed by atoms with E-state index >= 15 is 0 Å². The van der Waals surface area contributed by atoms with Gasteiger partial charge in [0.15, 0.2) is 0 Å². The Labute approximate surface area is 111 Å². The van der Waals surface area contributed by atoms with Crippen molar-refractivity contribution in [3.05, 3.63) is 60.7 Å². The highest BCUT2D eigenvalue weighted by molar-refractivity contribution is 6.45. The van der Waals surface area contributed by atoms with Crippen LogP contribution < -0.4 is 10.2 Å². The second-order valence-electron chi connectivity index (χ2n) is 4.25. The lowest BCUT2D eigenvalue weighted by Crippen LogP contribution is -2.12. The van der Waals surface area contributed by atoms with Gasteiger partial charge >= 0.3 is 7.48 Å². The maximum Gasteiger partial charge on any atom is 0.304 e. The fraction of sp³-hybridized carbons (Fsp3) is 0. The lowest BCUT2D eigenvalue weighted by Gasteiger charge is -2.06. The van der Waals surface area contributed by atoms with Crippen molar-refractivity contribution in [3.63, 3.8) is 0 Å². The molecule has 0 saturated heterocycles. The molecule has 4 heteroatoms. The Hall–Kier alpha value is -2.33. The number of rotatable bonds is 3. The van der Waals surface area contributed by atoms with Gasteiger partial charge in [-0.1, -0.05) is 35.8 Å². The number of pyridine rings is 1. The maximum absolute atomic E-state index is 9.10. The van der Waals surface area contributed by atoms with Gasteiger partial charge in [0.25, 0.3) is 0 Å². The van der Waals surface area contributed by atoms with Crippen molar-refractivity contribution >= 4 is 23.8 Å². The molecule has 1 aromatic heterocycles.